The number of aliphatic hydroxyl groups is 1. The van der Waals surface area contributed by atoms with Gasteiger partial charge in [-0.2, -0.15) is 0 Å². The number of ether oxygens (including phenoxy) is 1. The van der Waals surface area contributed by atoms with Crippen molar-refractivity contribution in [3.63, 3.8) is 0 Å². The molecule has 3 nitrogen and oxygen atoms in total. The third-order valence-electron chi connectivity index (χ3n) is 2.96. The predicted molar refractivity (Wildman–Crippen MR) is 59.6 cm³/mol. The SMILES string of the molecule is O=C(OCc1ccccc1)[C@H]1CC[C@@H](O)C1. The first kappa shape index (κ1) is 11.1. The second-order valence-corrected chi connectivity index (χ2v) is 4.26. The molecule has 1 aromatic carbocycles. The van der Waals surface area contributed by atoms with Gasteiger partial charge >= 0.3 is 5.97 Å². The normalized spacial score (nSPS) is 24.3. The molecule has 1 saturated carbocycles. The van der Waals surface area contributed by atoms with E-state index in [1.165, 1.54) is 0 Å². The minimum absolute atomic E-state index is 0.112. The highest BCUT2D eigenvalue weighted by molar-refractivity contribution is 5.72. The molecule has 0 spiro atoms. The van der Waals surface area contributed by atoms with Gasteiger partial charge in [0.15, 0.2) is 0 Å². The van der Waals surface area contributed by atoms with Gasteiger partial charge in [0.25, 0.3) is 0 Å². The number of hydrogen-bond acceptors (Lipinski definition) is 3. The van der Waals surface area contributed by atoms with Crippen molar-refractivity contribution in [2.45, 2.75) is 32.0 Å². The van der Waals surface area contributed by atoms with Crippen molar-refractivity contribution in [1.29, 1.82) is 0 Å². The van der Waals surface area contributed by atoms with E-state index in [0.717, 1.165) is 12.0 Å². The molecule has 86 valence electrons. The Morgan fingerprint density at radius 1 is 1.31 bits per heavy atom. The van der Waals surface area contributed by atoms with Crippen LogP contribution in [0.3, 0.4) is 0 Å². The lowest BCUT2D eigenvalue weighted by Gasteiger charge is -2.09. The summed E-state index contributed by atoms with van der Waals surface area (Å²) in [4.78, 5) is 11.6. The van der Waals surface area contributed by atoms with Crippen LogP contribution in [-0.2, 0) is 16.1 Å². The molecular weight excluding hydrogens is 204 g/mol. The highest BCUT2D eigenvalue weighted by atomic mass is 16.5. The molecule has 1 aliphatic carbocycles. The van der Waals surface area contributed by atoms with E-state index in [9.17, 15) is 9.90 Å². The van der Waals surface area contributed by atoms with E-state index >= 15 is 0 Å². The summed E-state index contributed by atoms with van der Waals surface area (Å²) in [5, 5.41) is 9.33. The highest BCUT2D eigenvalue weighted by Crippen LogP contribution is 2.26. The summed E-state index contributed by atoms with van der Waals surface area (Å²) in [7, 11) is 0. The third-order valence-corrected chi connectivity index (χ3v) is 2.96. The van der Waals surface area contributed by atoms with Crippen molar-refractivity contribution in [3.05, 3.63) is 35.9 Å². The Hall–Kier alpha value is -1.35. The fraction of sp³-hybridized carbons (Fsp3) is 0.462. The van der Waals surface area contributed by atoms with E-state index in [2.05, 4.69) is 0 Å². The van der Waals surface area contributed by atoms with Crippen LogP contribution in [0.25, 0.3) is 0 Å². The Bertz CT molecular complexity index is 347. The number of hydrogen-bond donors (Lipinski definition) is 1. The minimum Gasteiger partial charge on any atom is -0.461 e. The summed E-state index contributed by atoms with van der Waals surface area (Å²) in [6, 6.07) is 9.62. The maximum Gasteiger partial charge on any atom is 0.309 e. The topological polar surface area (TPSA) is 46.5 Å². The number of carbonyl (C=O) groups excluding carboxylic acids is 1. The Morgan fingerprint density at radius 2 is 2.06 bits per heavy atom. The highest BCUT2D eigenvalue weighted by Gasteiger charge is 2.29. The molecule has 0 unspecified atom stereocenters. The zero-order valence-electron chi connectivity index (χ0n) is 9.13. The molecular formula is C13H16O3. The Labute approximate surface area is 95.0 Å². The largest absolute Gasteiger partial charge is 0.461 e. The Balaban J connectivity index is 1.80. The van der Waals surface area contributed by atoms with Gasteiger partial charge in [-0.15, -0.1) is 0 Å². The molecule has 0 heterocycles. The lowest BCUT2D eigenvalue weighted by atomic mass is 10.1. The van der Waals surface area contributed by atoms with Crippen molar-refractivity contribution in [3.8, 4) is 0 Å². The number of rotatable bonds is 3. The van der Waals surface area contributed by atoms with Crippen LogP contribution in [0.1, 0.15) is 24.8 Å². The number of aliphatic hydroxyl groups excluding tert-OH is 1. The summed E-state index contributed by atoms with van der Waals surface area (Å²) < 4.78 is 5.21. The first-order valence-corrected chi connectivity index (χ1v) is 5.64. The molecule has 0 aromatic heterocycles. The Morgan fingerprint density at radius 3 is 2.69 bits per heavy atom. The molecule has 3 heteroatoms. The van der Waals surface area contributed by atoms with Crippen molar-refractivity contribution >= 4 is 5.97 Å². The average Bonchev–Trinajstić information content (AvgIpc) is 2.74. The summed E-state index contributed by atoms with van der Waals surface area (Å²) >= 11 is 0. The molecule has 16 heavy (non-hydrogen) atoms. The Kier molecular flexibility index (Phi) is 3.57. The number of carbonyl (C=O) groups is 1. The minimum atomic E-state index is -0.325. The van der Waals surface area contributed by atoms with E-state index in [4.69, 9.17) is 4.74 Å². The smallest absolute Gasteiger partial charge is 0.309 e. The summed E-state index contributed by atoms with van der Waals surface area (Å²) in [6.45, 7) is 0.326. The molecule has 0 bridgehead atoms. The fourth-order valence-corrected chi connectivity index (χ4v) is 2.02. The predicted octanol–water partition coefficient (Wildman–Crippen LogP) is 1.89. The van der Waals surface area contributed by atoms with E-state index < -0.39 is 0 Å². The molecule has 2 rings (SSSR count). The van der Waals surface area contributed by atoms with Crippen molar-refractivity contribution in [1.82, 2.24) is 0 Å². The van der Waals surface area contributed by atoms with Crippen molar-refractivity contribution < 1.29 is 14.6 Å². The van der Waals surface area contributed by atoms with Crippen LogP contribution in [0.5, 0.6) is 0 Å². The standard InChI is InChI=1S/C13H16O3/c14-12-7-6-11(8-12)13(15)16-9-10-4-2-1-3-5-10/h1-5,11-12,14H,6-9H2/t11-,12+/m0/s1. The molecule has 1 fully saturated rings. The molecule has 1 aliphatic rings. The quantitative estimate of drug-likeness (QED) is 0.791. The second-order valence-electron chi connectivity index (χ2n) is 4.26. The van der Waals surface area contributed by atoms with Crippen LogP contribution in [0.2, 0.25) is 0 Å². The zero-order chi connectivity index (χ0) is 11.4. The van der Waals surface area contributed by atoms with Crippen LogP contribution in [-0.4, -0.2) is 17.2 Å². The van der Waals surface area contributed by atoms with E-state index in [1.54, 1.807) is 0 Å². The lowest BCUT2D eigenvalue weighted by Crippen LogP contribution is -2.15. The molecule has 0 amide bonds. The van der Waals surface area contributed by atoms with Gasteiger partial charge in [-0.25, -0.2) is 0 Å². The molecule has 0 aliphatic heterocycles. The van der Waals surface area contributed by atoms with Gasteiger partial charge in [-0.1, -0.05) is 30.3 Å². The zero-order valence-corrected chi connectivity index (χ0v) is 9.13. The van der Waals surface area contributed by atoms with Gasteiger partial charge in [0.05, 0.1) is 12.0 Å². The van der Waals surface area contributed by atoms with Crippen molar-refractivity contribution in [2.24, 2.45) is 5.92 Å². The van der Waals surface area contributed by atoms with Gasteiger partial charge in [-0.3, -0.25) is 4.79 Å². The number of benzene rings is 1. The molecule has 1 aromatic rings. The van der Waals surface area contributed by atoms with E-state index in [-0.39, 0.29) is 18.0 Å². The molecule has 0 radical (unpaired) electrons. The second kappa shape index (κ2) is 5.12. The van der Waals surface area contributed by atoms with Crippen LogP contribution in [0.4, 0.5) is 0 Å². The van der Waals surface area contributed by atoms with Gasteiger partial charge in [-0.05, 0) is 24.8 Å². The van der Waals surface area contributed by atoms with Crippen LogP contribution >= 0.6 is 0 Å². The number of esters is 1. The third kappa shape index (κ3) is 2.83. The first-order chi connectivity index (χ1) is 7.75. The van der Waals surface area contributed by atoms with Crippen molar-refractivity contribution in [2.75, 3.05) is 0 Å². The summed E-state index contributed by atoms with van der Waals surface area (Å²) in [6.07, 6.45) is 1.68. The lowest BCUT2D eigenvalue weighted by molar-refractivity contribution is -0.149. The van der Waals surface area contributed by atoms with E-state index in [0.29, 0.717) is 19.4 Å². The van der Waals surface area contributed by atoms with Gasteiger partial charge in [0.1, 0.15) is 6.61 Å². The fourth-order valence-electron chi connectivity index (χ4n) is 2.02. The van der Waals surface area contributed by atoms with Gasteiger partial charge in [0.2, 0.25) is 0 Å². The van der Waals surface area contributed by atoms with Gasteiger partial charge in [0, 0.05) is 0 Å². The monoisotopic (exact) mass is 220 g/mol. The maximum absolute atomic E-state index is 11.6. The van der Waals surface area contributed by atoms with Gasteiger partial charge < -0.3 is 9.84 Å². The van der Waals surface area contributed by atoms with Crippen LogP contribution in [0.15, 0.2) is 30.3 Å². The molecule has 0 saturated heterocycles. The maximum atomic E-state index is 11.6. The summed E-state index contributed by atoms with van der Waals surface area (Å²) in [5.74, 6) is -0.292. The first-order valence-electron chi connectivity index (χ1n) is 5.64. The average molecular weight is 220 g/mol. The van der Waals surface area contributed by atoms with E-state index in [1.807, 2.05) is 30.3 Å². The molecule has 2 atom stereocenters. The molecule has 1 N–H and O–H groups in total. The van der Waals surface area contributed by atoms with Crippen LogP contribution in [0, 0.1) is 5.92 Å². The van der Waals surface area contributed by atoms with Crippen LogP contribution < -0.4 is 0 Å². The summed E-state index contributed by atoms with van der Waals surface area (Å²) in [5.41, 5.74) is 0.995.